The molecule has 2 rings (SSSR count). The van der Waals surface area contributed by atoms with Gasteiger partial charge < -0.3 is 4.74 Å². The highest BCUT2D eigenvalue weighted by molar-refractivity contribution is 6.17. The van der Waals surface area contributed by atoms with Crippen LogP contribution in [0, 0.1) is 17.8 Å². The molecule has 0 bridgehead atoms. The molecule has 2 saturated carbocycles. The lowest BCUT2D eigenvalue weighted by Crippen LogP contribution is -2.28. The SMILES string of the molecule is CCC(=O)[C@H]1CC[C@H](OC[C@H]2CC[C@H](CCCCl)CC2)CC1. The summed E-state index contributed by atoms with van der Waals surface area (Å²) >= 11 is 5.78. The number of rotatable bonds is 8. The molecule has 0 saturated heterocycles. The van der Waals surface area contributed by atoms with Crippen molar-refractivity contribution in [3.05, 3.63) is 0 Å². The molecule has 0 amide bonds. The number of hydrogen-bond acceptors (Lipinski definition) is 2. The van der Waals surface area contributed by atoms with E-state index in [0.29, 0.717) is 24.2 Å². The van der Waals surface area contributed by atoms with Crippen molar-refractivity contribution in [1.82, 2.24) is 0 Å². The van der Waals surface area contributed by atoms with Gasteiger partial charge in [0.05, 0.1) is 6.10 Å². The molecule has 2 aliphatic carbocycles. The van der Waals surface area contributed by atoms with Crippen LogP contribution in [0.4, 0.5) is 0 Å². The summed E-state index contributed by atoms with van der Waals surface area (Å²) in [4.78, 5) is 11.7. The van der Waals surface area contributed by atoms with Gasteiger partial charge in [0.25, 0.3) is 0 Å². The highest BCUT2D eigenvalue weighted by atomic mass is 35.5. The van der Waals surface area contributed by atoms with Gasteiger partial charge in [0.2, 0.25) is 0 Å². The number of ketones is 1. The predicted molar refractivity (Wildman–Crippen MR) is 92.4 cm³/mol. The fraction of sp³-hybridized carbons (Fsp3) is 0.947. The molecule has 0 atom stereocenters. The molecule has 2 aliphatic rings. The van der Waals surface area contributed by atoms with Crippen LogP contribution in [0.25, 0.3) is 0 Å². The maximum Gasteiger partial charge on any atom is 0.135 e. The van der Waals surface area contributed by atoms with Gasteiger partial charge in [-0.3, -0.25) is 4.79 Å². The van der Waals surface area contributed by atoms with Gasteiger partial charge in [0.15, 0.2) is 0 Å². The minimum atomic E-state index is 0.322. The number of alkyl halides is 1. The molecule has 2 fully saturated rings. The lowest BCUT2D eigenvalue weighted by Gasteiger charge is -2.32. The fourth-order valence-electron chi connectivity index (χ4n) is 4.16. The Morgan fingerprint density at radius 3 is 2.23 bits per heavy atom. The van der Waals surface area contributed by atoms with Crippen LogP contribution in [0.5, 0.6) is 0 Å². The van der Waals surface area contributed by atoms with Crippen LogP contribution in [0.1, 0.15) is 77.6 Å². The Morgan fingerprint density at radius 2 is 1.64 bits per heavy atom. The van der Waals surface area contributed by atoms with Gasteiger partial charge in [-0.2, -0.15) is 0 Å². The Kier molecular flexibility index (Phi) is 8.24. The zero-order valence-electron chi connectivity index (χ0n) is 14.2. The Hall–Kier alpha value is -0.0800. The first-order valence-electron chi connectivity index (χ1n) is 9.43. The number of halogens is 1. The molecule has 0 spiro atoms. The molecular weight excluding hydrogens is 296 g/mol. The number of hydrogen-bond donors (Lipinski definition) is 0. The summed E-state index contributed by atoms with van der Waals surface area (Å²) in [6.45, 7) is 2.92. The second kappa shape index (κ2) is 9.93. The Labute approximate surface area is 141 Å². The van der Waals surface area contributed by atoms with E-state index in [4.69, 9.17) is 16.3 Å². The molecule has 0 radical (unpaired) electrons. The first kappa shape index (κ1) is 18.3. The standard InChI is InChI=1S/C19H33ClO2/c1-2-19(21)17-9-11-18(12-10-17)22-14-16-7-5-15(6-8-16)4-3-13-20/h15-18H,2-14H2,1H3/t15-,16-,17-,18-. The van der Waals surface area contributed by atoms with Crippen molar-refractivity contribution >= 4 is 17.4 Å². The van der Waals surface area contributed by atoms with Crippen molar-refractivity contribution in [2.75, 3.05) is 12.5 Å². The third-order valence-electron chi connectivity index (χ3n) is 5.76. The average Bonchev–Trinajstić information content (AvgIpc) is 2.58. The monoisotopic (exact) mass is 328 g/mol. The number of carbonyl (C=O) groups is 1. The third kappa shape index (κ3) is 5.85. The molecule has 0 heterocycles. The molecule has 0 unspecified atom stereocenters. The average molecular weight is 329 g/mol. The molecule has 0 N–H and O–H groups in total. The van der Waals surface area contributed by atoms with Crippen LogP contribution in [-0.4, -0.2) is 24.4 Å². The molecule has 0 aliphatic heterocycles. The van der Waals surface area contributed by atoms with Crippen molar-refractivity contribution in [2.45, 2.75) is 83.7 Å². The number of ether oxygens (including phenoxy) is 1. The van der Waals surface area contributed by atoms with Crippen LogP contribution < -0.4 is 0 Å². The van der Waals surface area contributed by atoms with E-state index in [9.17, 15) is 4.79 Å². The molecule has 0 aromatic heterocycles. The van der Waals surface area contributed by atoms with Crippen LogP contribution in [0.3, 0.4) is 0 Å². The first-order chi connectivity index (χ1) is 10.7. The van der Waals surface area contributed by atoms with Crippen molar-refractivity contribution in [3.63, 3.8) is 0 Å². The lowest BCUT2D eigenvalue weighted by atomic mass is 9.80. The van der Waals surface area contributed by atoms with E-state index in [1.807, 2.05) is 6.92 Å². The molecule has 0 aromatic carbocycles. The highest BCUT2D eigenvalue weighted by Crippen LogP contribution is 2.33. The van der Waals surface area contributed by atoms with E-state index >= 15 is 0 Å². The van der Waals surface area contributed by atoms with Gasteiger partial charge in [-0.05, 0) is 63.2 Å². The fourth-order valence-corrected chi connectivity index (χ4v) is 4.32. The van der Waals surface area contributed by atoms with Crippen LogP contribution >= 0.6 is 11.6 Å². The van der Waals surface area contributed by atoms with E-state index in [0.717, 1.165) is 50.0 Å². The predicted octanol–water partition coefficient (Wildman–Crippen LogP) is 5.37. The van der Waals surface area contributed by atoms with Crippen LogP contribution in [-0.2, 0) is 9.53 Å². The maximum atomic E-state index is 11.7. The number of carbonyl (C=O) groups excluding carboxylic acids is 1. The van der Waals surface area contributed by atoms with E-state index in [1.54, 1.807) is 0 Å². The minimum Gasteiger partial charge on any atom is -0.378 e. The molecular formula is C19H33ClO2. The van der Waals surface area contributed by atoms with E-state index in [1.165, 1.54) is 38.5 Å². The molecule has 128 valence electrons. The summed E-state index contributed by atoms with van der Waals surface area (Å²) in [5.41, 5.74) is 0. The zero-order chi connectivity index (χ0) is 15.8. The summed E-state index contributed by atoms with van der Waals surface area (Å²) in [6, 6.07) is 0. The van der Waals surface area contributed by atoms with Gasteiger partial charge in [0, 0.05) is 24.8 Å². The van der Waals surface area contributed by atoms with Gasteiger partial charge in [-0.15, -0.1) is 11.6 Å². The third-order valence-corrected chi connectivity index (χ3v) is 6.03. The Morgan fingerprint density at radius 1 is 1.00 bits per heavy atom. The van der Waals surface area contributed by atoms with Gasteiger partial charge in [-0.1, -0.05) is 19.8 Å². The number of Topliss-reactive ketones (excluding diaryl/α,β-unsaturated/α-hetero) is 1. The molecule has 0 aromatic rings. The van der Waals surface area contributed by atoms with Crippen molar-refractivity contribution < 1.29 is 9.53 Å². The summed E-state index contributed by atoms with van der Waals surface area (Å²) in [5, 5.41) is 0. The van der Waals surface area contributed by atoms with Crippen molar-refractivity contribution in [1.29, 1.82) is 0 Å². The summed E-state index contributed by atoms with van der Waals surface area (Å²) in [5.74, 6) is 3.26. The summed E-state index contributed by atoms with van der Waals surface area (Å²) < 4.78 is 6.17. The normalized spacial score (nSPS) is 32.8. The molecule has 22 heavy (non-hydrogen) atoms. The van der Waals surface area contributed by atoms with Crippen LogP contribution in [0.2, 0.25) is 0 Å². The van der Waals surface area contributed by atoms with E-state index in [2.05, 4.69) is 0 Å². The van der Waals surface area contributed by atoms with Gasteiger partial charge >= 0.3 is 0 Å². The highest BCUT2D eigenvalue weighted by Gasteiger charge is 2.27. The second-order valence-electron chi connectivity index (χ2n) is 7.34. The molecule has 3 heteroatoms. The second-order valence-corrected chi connectivity index (χ2v) is 7.72. The topological polar surface area (TPSA) is 26.3 Å². The molecule has 2 nitrogen and oxygen atoms in total. The summed E-state index contributed by atoms with van der Waals surface area (Å²) in [6.07, 6.45) is 13.2. The van der Waals surface area contributed by atoms with Gasteiger partial charge in [0.1, 0.15) is 5.78 Å². The maximum absolute atomic E-state index is 11.7. The Bertz CT molecular complexity index is 315. The quantitative estimate of drug-likeness (QED) is 0.560. The van der Waals surface area contributed by atoms with Crippen LogP contribution in [0.15, 0.2) is 0 Å². The lowest BCUT2D eigenvalue weighted by molar-refractivity contribution is -0.124. The van der Waals surface area contributed by atoms with E-state index < -0.39 is 0 Å². The van der Waals surface area contributed by atoms with Crippen molar-refractivity contribution in [3.8, 4) is 0 Å². The smallest absolute Gasteiger partial charge is 0.135 e. The largest absolute Gasteiger partial charge is 0.378 e. The zero-order valence-corrected chi connectivity index (χ0v) is 15.0. The van der Waals surface area contributed by atoms with Gasteiger partial charge in [-0.25, -0.2) is 0 Å². The van der Waals surface area contributed by atoms with Crippen molar-refractivity contribution in [2.24, 2.45) is 17.8 Å². The summed E-state index contributed by atoms with van der Waals surface area (Å²) in [7, 11) is 0. The Balaban J connectivity index is 1.57. The first-order valence-corrected chi connectivity index (χ1v) is 9.96. The van der Waals surface area contributed by atoms with E-state index in [-0.39, 0.29) is 0 Å². The minimum absolute atomic E-state index is 0.322.